The van der Waals surface area contributed by atoms with Crippen LogP contribution in [0.15, 0.2) is 66.9 Å². The molecule has 5 atom stereocenters. The van der Waals surface area contributed by atoms with E-state index in [-0.39, 0.29) is 0 Å². The molecule has 1 heterocycles. The first-order chi connectivity index (χ1) is 17.7. The van der Waals surface area contributed by atoms with Gasteiger partial charge in [-0.3, -0.25) is 4.98 Å². The molecule has 0 spiro atoms. The molecule has 2 saturated carbocycles. The van der Waals surface area contributed by atoms with E-state index in [1.165, 1.54) is 48.8 Å². The number of methoxy groups -OCH3 is 1. The van der Waals surface area contributed by atoms with Crippen LogP contribution in [0.4, 0.5) is 0 Å². The van der Waals surface area contributed by atoms with Gasteiger partial charge in [0, 0.05) is 18.8 Å². The van der Waals surface area contributed by atoms with E-state index in [9.17, 15) is 0 Å². The van der Waals surface area contributed by atoms with E-state index >= 15 is 0 Å². The van der Waals surface area contributed by atoms with Gasteiger partial charge in [-0.05, 0) is 103 Å². The molecule has 2 aromatic carbocycles. The Morgan fingerprint density at radius 3 is 2.64 bits per heavy atom. The van der Waals surface area contributed by atoms with Crippen LogP contribution in [0.3, 0.4) is 0 Å². The Morgan fingerprint density at radius 1 is 0.972 bits per heavy atom. The molecule has 1 N–H and O–H groups in total. The minimum Gasteiger partial charge on any atom is -0.493 e. The number of aryl methyl sites for hydroxylation is 1. The quantitative estimate of drug-likeness (QED) is 0.408. The molecule has 188 valence electrons. The van der Waals surface area contributed by atoms with Gasteiger partial charge in [0.25, 0.3) is 0 Å². The highest BCUT2D eigenvalue weighted by atomic mass is 16.5. The van der Waals surface area contributed by atoms with E-state index in [1.54, 1.807) is 7.11 Å². The summed E-state index contributed by atoms with van der Waals surface area (Å²) in [7, 11) is 1.77. The maximum atomic E-state index is 6.24. The van der Waals surface area contributed by atoms with Crippen LogP contribution < -0.4 is 14.8 Å². The molecule has 4 heteroatoms. The Labute approximate surface area is 215 Å². The van der Waals surface area contributed by atoms with Gasteiger partial charge >= 0.3 is 0 Å². The molecule has 4 nitrogen and oxygen atoms in total. The maximum absolute atomic E-state index is 6.24. The molecule has 3 unspecified atom stereocenters. The van der Waals surface area contributed by atoms with E-state index in [0.717, 1.165) is 42.0 Å². The van der Waals surface area contributed by atoms with Crippen molar-refractivity contribution >= 4 is 0 Å². The third kappa shape index (κ3) is 4.30. The molecule has 6 rings (SSSR count). The Morgan fingerprint density at radius 2 is 1.83 bits per heavy atom. The largest absolute Gasteiger partial charge is 0.493 e. The lowest BCUT2D eigenvalue weighted by Crippen LogP contribution is -2.48. The molecule has 36 heavy (non-hydrogen) atoms. The minimum absolute atomic E-state index is 0.371. The van der Waals surface area contributed by atoms with E-state index in [0.29, 0.717) is 24.0 Å². The molecule has 0 amide bonds. The zero-order valence-electron chi connectivity index (χ0n) is 21.6. The number of rotatable bonds is 7. The van der Waals surface area contributed by atoms with E-state index in [1.807, 2.05) is 18.3 Å². The average Bonchev–Trinajstić information content (AvgIpc) is 3.27. The predicted molar refractivity (Wildman–Crippen MR) is 143 cm³/mol. The van der Waals surface area contributed by atoms with Gasteiger partial charge in [0.2, 0.25) is 0 Å². The molecular weight excluding hydrogens is 444 g/mol. The van der Waals surface area contributed by atoms with Crippen molar-refractivity contribution < 1.29 is 9.47 Å². The van der Waals surface area contributed by atoms with Crippen LogP contribution in [0.25, 0.3) is 0 Å². The molecule has 3 aliphatic rings. The van der Waals surface area contributed by atoms with Crippen molar-refractivity contribution in [2.75, 3.05) is 7.11 Å². The lowest BCUT2D eigenvalue weighted by Gasteiger charge is -2.51. The van der Waals surface area contributed by atoms with Crippen LogP contribution in [0.2, 0.25) is 0 Å². The number of benzene rings is 2. The van der Waals surface area contributed by atoms with Crippen molar-refractivity contribution in [2.24, 2.45) is 17.3 Å². The van der Waals surface area contributed by atoms with Crippen molar-refractivity contribution in [1.82, 2.24) is 10.3 Å². The lowest BCUT2D eigenvalue weighted by atomic mass is 9.55. The number of pyridine rings is 1. The fraction of sp³-hybridized carbons (Fsp3) is 0.469. The van der Waals surface area contributed by atoms with Gasteiger partial charge in [0.05, 0.1) is 12.8 Å². The fourth-order valence-electron chi connectivity index (χ4n) is 7.65. The van der Waals surface area contributed by atoms with Gasteiger partial charge < -0.3 is 14.8 Å². The second kappa shape index (κ2) is 9.89. The number of hydrogen-bond acceptors (Lipinski definition) is 4. The van der Waals surface area contributed by atoms with Crippen LogP contribution in [0.1, 0.15) is 67.3 Å². The second-order valence-electron chi connectivity index (χ2n) is 11.3. The molecule has 0 aliphatic heterocycles. The van der Waals surface area contributed by atoms with Crippen molar-refractivity contribution in [3.63, 3.8) is 0 Å². The minimum atomic E-state index is 0.371. The summed E-state index contributed by atoms with van der Waals surface area (Å²) in [5.74, 6) is 3.93. The molecule has 0 radical (unpaired) electrons. The summed E-state index contributed by atoms with van der Waals surface area (Å²) in [4.78, 5) is 4.53. The highest BCUT2D eigenvalue weighted by molar-refractivity contribution is 5.50. The lowest BCUT2D eigenvalue weighted by molar-refractivity contribution is 0.0406. The third-order valence-corrected chi connectivity index (χ3v) is 9.50. The molecule has 2 fully saturated rings. The van der Waals surface area contributed by atoms with Gasteiger partial charge in [-0.25, -0.2) is 0 Å². The highest BCUT2D eigenvalue weighted by Crippen LogP contribution is 2.61. The zero-order chi connectivity index (χ0) is 24.5. The van der Waals surface area contributed by atoms with Gasteiger partial charge in [0.15, 0.2) is 11.5 Å². The molecule has 3 aromatic rings. The first kappa shape index (κ1) is 23.5. The number of hydrogen-bond donors (Lipinski definition) is 1. The van der Waals surface area contributed by atoms with Crippen LogP contribution in [0, 0.1) is 17.3 Å². The van der Waals surface area contributed by atoms with Crippen LogP contribution in [-0.2, 0) is 19.6 Å². The smallest absolute Gasteiger partial charge is 0.161 e. The predicted octanol–water partition coefficient (Wildman–Crippen LogP) is 6.68. The Kier molecular flexibility index (Phi) is 6.47. The van der Waals surface area contributed by atoms with Crippen molar-refractivity contribution in [1.29, 1.82) is 0 Å². The van der Waals surface area contributed by atoms with Crippen molar-refractivity contribution in [3.8, 4) is 11.5 Å². The average molecular weight is 483 g/mol. The summed E-state index contributed by atoms with van der Waals surface area (Å²) < 4.78 is 12.1. The standard InChI is InChI=1S/C32H38N2O2/c1-32-16-15-25-26(28(32)13-14-31(32)34-20-24-10-6-7-17-33-24)12-11-23-18-30(29(35-2)19-27(23)25)36-21-22-8-4-3-5-9-22/h3-10,17-19,25-26,28,31,34H,11-16,20-21H2,1-2H3/t25?,26?,28?,31-,32-/m0/s1. The first-order valence-corrected chi connectivity index (χ1v) is 13.7. The summed E-state index contributed by atoms with van der Waals surface area (Å²) in [6.45, 7) is 4.00. The zero-order valence-corrected chi connectivity index (χ0v) is 21.6. The number of ether oxygens (including phenoxy) is 2. The van der Waals surface area contributed by atoms with Crippen LogP contribution in [0.5, 0.6) is 11.5 Å². The van der Waals surface area contributed by atoms with Crippen molar-refractivity contribution in [3.05, 3.63) is 89.2 Å². The summed E-state index contributed by atoms with van der Waals surface area (Å²) in [5, 5.41) is 3.91. The fourth-order valence-corrected chi connectivity index (χ4v) is 7.65. The van der Waals surface area contributed by atoms with Crippen LogP contribution in [-0.4, -0.2) is 18.1 Å². The molecular formula is C32H38N2O2. The van der Waals surface area contributed by atoms with E-state index < -0.39 is 0 Å². The summed E-state index contributed by atoms with van der Waals surface area (Å²) in [6.07, 6.45) is 9.48. The molecule has 3 aliphatic carbocycles. The molecule has 1 aromatic heterocycles. The number of fused-ring (bicyclic) bond motifs is 5. The second-order valence-corrected chi connectivity index (χ2v) is 11.3. The first-order valence-electron chi connectivity index (χ1n) is 13.7. The van der Waals surface area contributed by atoms with Crippen LogP contribution >= 0.6 is 0 Å². The summed E-state index contributed by atoms with van der Waals surface area (Å²) in [6, 6.07) is 21.7. The molecule has 0 bridgehead atoms. The van der Waals surface area contributed by atoms with Gasteiger partial charge in [-0.15, -0.1) is 0 Å². The Balaban J connectivity index is 1.18. The summed E-state index contributed by atoms with van der Waals surface area (Å²) in [5.41, 5.74) is 5.67. The Hall–Kier alpha value is -2.85. The van der Waals surface area contributed by atoms with Gasteiger partial charge in [0.1, 0.15) is 6.61 Å². The number of nitrogens with one attached hydrogen (secondary N) is 1. The Bertz CT molecular complexity index is 1180. The van der Waals surface area contributed by atoms with Gasteiger partial charge in [-0.1, -0.05) is 43.3 Å². The normalized spacial score (nSPS) is 28.6. The molecule has 0 saturated heterocycles. The van der Waals surface area contributed by atoms with Gasteiger partial charge in [-0.2, -0.15) is 0 Å². The van der Waals surface area contributed by atoms with E-state index in [4.69, 9.17) is 9.47 Å². The van der Waals surface area contributed by atoms with Crippen molar-refractivity contribution in [2.45, 2.75) is 70.6 Å². The number of aromatic nitrogens is 1. The summed E-state index contributed by atoms with van der Waals surface area (Å²) >= 11 is 0. The number of nitrogens with zero attached hydrogens (tertiary/aromatic N) is 1. The van der Waals surface area contributed by atoms with E-state index in [2.05, 4.69) is 65.8 Å². The topological polar surface area (TPSA) is 43.4 Å². The SMILES string of the molecule is COc1cc2c(cc1OCc1ccccc1)CCC1C2CC[C@@]2(C)C1CC[C@@H]2NCc1ccccn1. The monoisotopic (exact) mass is 482 g/mol. The maximum Gasteiger partial charge on any atom is 0.161 e. The highest BCUT2D eigenvalue weighted by Gasteiger charge is 2.54. The third-order valence-electron chi connectivity index (χ3n) is 9.50.